The minimum atomic E-state index is 0.622. The minimum absolute atomic E-state index is 0.622. The fourth-order valence-corrected chi connectivity index (χ4v) is 7.85. The van der Waals surface area contributed by atoms with Gasteiger partial charge in [0.2, 0.25) is 0 Å². The molecular formula is C57H37N5. The summed E-state index contributed by atoms with van der Waals surface area (Å²) in [5.41, 5.74) is 16.1. The van der Waals surface area contributed by atoms with Crippen LogP contribution in [-0.2, 0) is 0 Å². The SMILES string of the molecule is N#Cc1ccc(-c2ccc(-c3ccccc3-c3cc(-c4ccccc4)nc(-c4ccccc4)n3)c(-c3cccc(-c4cc(-c5ccccc5)nc(-c5ccccc5)n4)c3)c2)cc1. The van der Waals surface area contributed by atoms with Gasteiger partial charge in [0, 0.05) is 33.4 Å². The predicted molar refractivity (Wildman–Crippen MR) is 251 cm³/mol. The van der Waals surface area contributed by atoms with E-state index in [-0.39, 0.29) is 0 Å². The molecule has 10 aromatic rings. The maximum absolute atomic E-state index is 9.55. The van der Waals surface area contributed by atoms with Crippen molar-refractivity contribution in [2.75, 3.05) is 0 Å². The third kappa shape index (κ3) is 7.80. The van der Waals surface area contributed by atoms with E-state index < -0.39 is 0 Å². The molecule has 0 aliphatic heterocycles. The van der Waals surface area contributed by atoms with Crippen molar-refractivity contribution in [3.05, 3.63) is 230 Å². The van der Waals surface area contributed by atoms with Crippen molar-refractivity contribution in [3.8, 4) is 107 Å². The normalized spacial score (nSPS) is 10.9. The lowest BCUT2D eigenvalue weighted by molar-refractivity contribution is 1.18. The van der Waals surface area contributed by atoms with E-state index >= 15 is 0 Å². The number of aromatic nitrogens is 4. The molecule has 0 radical (unpaired) electrons. The molecule has 290 valence electrons. The highest BCUT2D eigenvalue weighted by Crippen LogP contribution is 2.42. The quantitative estimate of drug-likeness (QED) is 0.145. The zero-order chi connectivity index (χ0) is 41.7. The summed E-state index contributed by atoms with van der Waals surface area (Å²) < 4.78 is 0. The fourth-order valence-electron chi connectivity index (χ4n) is 7.85. The molecular weight excluding hydrogens is 755 g/mol. The molecule has 0 bridgehead atoms. The summed E-state index contributed by atoms with van der Waals surface area (Å²) in [6.07, 6.45) is 0. The van der Waals surface area contributed by atoms with Crippen LogP contribution < -0.4 is 0 Å². The molecule has 0 saturated carbocycles. The van der Waals surface area contributed by atoms with Crippen molar-refractivity contribution in [3.63, 3.8) is 0 Å². The summed E-state index contributed by atoms with van der Waals surface area (Å²) in [6.45, 7) is 0. The average Bonchev–Trinajstić information content (AvgIpc) is 3.37. The molecule has 0 saturated heterocycles. The Kier molecular flexibility index (Phi) is 10.3. The topological polar surface area (TPSA) is 75.3 Å². The van der Waals surface area contributed by atoms with Gasteiger partial charge >= 0.3 is 0 Å². The van der Waals surface area contributed by atoms with Gasteiger partial charge in [-0.15, -0.1) is 0 Å². The van der Waals surface area contributed by atoms with Crippen molar-refractivity contribution in [2.24, 2.45) is 0 Å². The molecule has 0 spiro atoms. The van der Waals surface area contributed by atoms with Crippen LogP contribution in [0.15, 0.2) is 224 Å². The van der Waals surface area contributed by atoms with E-state index in [9.17, 15) is 5.26 Å². The molecule has 62 heavy (non-hydrogen) atoms. The van der Waals surface area contributed by atoms with Gasteiger partial charge in [-0.1, -0.05) is 188 Å². The van der Waals surface area contributed by atoms with Gasteiger partial charge in [0.25, 0.3) is 0 Å². The molecule has 0 fully saturated rings. The Morgan fingerprint density at radius 1 is 0.258 bits per heavy atom. The highest BCUT2D eigenvalue weighted by atomic mass is 14.9. The van der Waals surface area contributed by atoms with Crippen molar-refractivity contribution in [1.29, 1.82) is 5.26 Å². The second kappa shape index (κ2) is 16.9. The molecule has 10 rings (SSSR count). The first-order valence-electron chi connectivity index (χ1n) is 20.5. The zero-order valence-electron chi connectivity index (χ0n) is 33.6. The number of rotatable bonds is 9. The Balaban J connectivity index is 1.16. The van der Waals surface area contributed by atoms with Gasteiger partial charge in [-0.3, -0.25) is 0 Å². The Hall–Kier alpha value is -8.59. The molecule has 5 heteroatoms. The van der Waals surface area contributed by atoms with Gasteiger partial charge in [0.15, 0.2) is 11.6 Å². The summed E-state index contributed by atoms with van der Waals surface area (Å²) in [7, 11) is 0. The first-order valence-corrected chi connectivity index (χ1v) is 20.5. The van der Waals surface area contributed by atoms with Crippen molar-refractivity contribution < 1.29 is 0 Å². The van der Waals surface area contributed by atoms with Crippen LogP contribution in [-0.4, -0.2) is 19.9 Å². The van der Waals surface area contributed by atoms with Crippen molar-refractivity contribution >= 4 is 0 Å². The highest BCUT2D eigenvalue weighted by molar-refractivity contribution is 5.94. The summed E-state index contributed by atoms with van der Waals surface area (Å²) in [5.74, 6) is 1.33. The highest BCUT2D eigenvalue weighted by Gasteiger charge is 2.19. The second-order valence-electron chi connectivity index (χ2n) is 15.0. The van der Waals surface area contributed by atoms with Crippen LogP contribution in [0.1, 0.15) is 5.56 Å². The number of hydrogen-bond donors (Lipinski definition) is 0. The predicted octanol–water partition coefficient (Wildman–Crippen LogP) is 14.1. The molecule has 8 aromatic carbocycles. The number of hydrogen-bond acceptors (Lipinski definition) is 5. The maximum atomic E-state index is 9.55. The molecule has 2 aromatic heterocycles. The van der Waals surface area contributed by atoms with E-state index in [1.165, 1.54) is 0 Å². The molecule has 0 aliphatic rings. The fraction of sp³-hybridized carbons (Fsp3) is 0. The minimum Gasteiger partial charge on any atom is -0.228 e. The average molecular weight is 792 g/mol. The van der Waals surface area contributed by atoms with Crippen molar-refractivity contribution in [1.82, 2.24) is 19.9 Å². The van der Waals surface area contributed by atoms with E-state index in [2.05, 4.69) is 121 Å². The van der Waals surface area contributed by atoms with E-state index in [0.717, 1.165) is 89.5 Å². The van der Waals surface area contributed by atoms with Gasteiger partial charge in [0.05, 0.1) is 34.4 Å². The standard InChI is InChI=1S/C57H37N5/c58-38-39-28-30-40(31-29-39)45-32-33-49(48-26-13-14-27-50(48)55-37-53(42-18-7-2-8-19-42)60-57(62-55)44-22-11-4-12-23-44)51(35-45)46-24-15-25-47(34-46)54-36-52(41-16-5-1-6-17-41)59-56(61-54)43-20-9-3-10-21-43/h1-37H. The van der Waals surface area contributed by atoms with Crippen LogP contribution >= 0.6 is 0 Å². The lowest BCUT2D eigenvalue weighted by Gasteiger charge is -2.18. The second-order valence-corrected chi connectivity index (χ2v) is 15.0. The lowest BCUT2D eigenvalue weighted by atomic mass is 9.87. The molecule has 5 nitrogen and oxygen atoms in total. The van der Waals surface area contributed by atoms with Crippen LogP contribution in [0, 0.1) is 11.3 Å². The van der Waals surface area contributed by atoms with E-state index in [1.54, 1.807) is 0 Å². The van der Waals surface area contributed by atoms with E-state index in [1.807, 2.05) is 109 Å². The first kappa shape index (κ1) is 37.7. The summed E-state index contributed by atoms with van der Waals surface area (Å²) in [5, 5.41) is 9.55. The Morgan fingerprint density at radius 3 is 1.24 bits per heavy atom. The van der Waals surface area contributed by atoms with Gasteiger partial charge < -0.3 is 0 Å². The monoisotopic (exact) mass is 791 g/mol. The molecule has 0 aliphatic carbocycles. The maximum Gasteiger partial charge on any atom is 0.160 e. The van der Waals surface area contributed by atoms with Gasteiger partial charge in [-0.05, 0) is 69.8 Å². The van der Waals surface area contributed by atoms with Gasteiger partial charge in [-0.25, -0.2) is 19.9 Å². The van der Waals surface area contributed by atoms with Crippen LogP contribution in [0.2, 0.25) is 0 Å². The first-order chi connectivity index (χ1) is 30.7. The molecule has 0 unspecified atom stereocenters. The summed E-state index contributed by atoms with van der Waals surface area (Å²) >= 11 is 0. The molecule has 0 atom stereocenters. The molecule has 0 amide bonds. The number of benzene rings is 8. The lowest BCUT2D eigenvalue weighted by Crippen LogP contribution is -1.98. The summed E-state index contributed by atoms with van der Waals surface area (Å²) in [4.78, 5) is 20.5. The smallest absolute Gasteiger partial charge is 0.160 e. The van der Waals surface area contributed by atoms with E-state index in [4.69, 9.17) is 19.9 Å². The third-order valence-corrected chi connectivity index (χ3v) is 11.0. The Labute approximate surface area is 361 Å². The number of nitriles is 1. The van der Waals surface area contributed by atoms with Crippen LogP contribution in [0.3, 0.4) is 0 Å². The summed E-state index contributed by atoms with van der Waals surface area (Å²) in [6, 6.07) is 78.7. The third-order valence-electron chi connectivity index (χ3n) is 11.0. The van der Waals surface area contributed by atoms with Crippen LogP contribution in [0.4, 0.5) is 0 Å². The molecule has 0 N–H and O–H groups in total. The Bertz CT molecular complexity index is 3100. The Morgan fingerprint density at radius 2 is 0.677 bits per heavy atom. The zero-order valence-corrected chi connectivity index (χ0v) is 33.6. The van der Waals surface area contributed by atoms with Crippen LogP contribution in [0.25, 0.3) is 101 Å². The van der Waals surface area contributed by atoms with Crippen LogP contribution in [0.5, 0.6) is 0 Å². The van der Waals surface area contributed by atoms with Gasteiger partial charge in [0.1, 0.15) is 0 Å². The largest absolute Gasteiger partial charge is 0.228 e. The van der Waals surface area contributed by atoms with Gasteiger partial charge in [-0.2, -0.15) is 5.26 Å². The molecule has 2 heterocycles. The number of nitrogens with zero attached hydrogens (tertiary/aromatic N) is 5. The van der Waals surface area contributed by atoms with E-state index in [0.29, 0.717) is 17.2 Å². The van der Waals surface area contributed by atoms with Crippen molar-refractivity contribution in [2.45, 2.75) is 0 Å².